The first-order chi connectivity index (χ1) is 12.8. The van der Waals surface area contributed by atoms with E-state index in [1.54, 1.807) is 36.4 Å². The molecule has 1 unspecified atom stereocenters. The van der Waals surface area contributed by atoms with E-state index in [2.05, 4.69) is 15.4 Å². The van der Waals surface area contributed by atoms with Crippen molar-refractivity contribution in [2.75, 3.05) is 24.2 Å². The van der Waals surface area contributed by atoms with Gasteiger partial charge < -0.3 is 20.3 Å². The van der Waals surface area contributed by atoms with Gasteiger partial charge in [0.2, 0.25) is 5.91 Å². The maximum absolute atomic E-state index is 12.1. The summed E-state index contributed by atoms with van der Waals surface area (Å²) in [7, 11) is 1.86. The zero-order valence-electron chi connectivity index (χ0n) is 15.1. The van der Waals surface area contributed by atoms with E-state index in [1.807, 2.05) is 7.05 Å². The number of rotatable bonds is 8. The van der Waals surface area contributed by atoms with E-state index >= 15 is 0 Å². The van der Waals surface area contributed by atoms with Crippen LogP contribution in [-0.4, -0.2) is 32.0 Å². The van der Waals surface area contributed by atoms with Crippen LogP contribution < -0.4 is 20.3 Å². The quantitative estimate of drug-likeness (QED) is 0.657. The van der Waals surface area contributed by atoms with Crippen LogP contribution in [-0.2, 0) is 16.1 Å². The molecule has 0 saturated carbocycles. The molecule has 2 rings (SSSR count). The lowest BCUT2D eigenvalue weighted by Gasteiger charge is -2.14. The second kappa shape index (κ2) is 9.63. The van der Waals surface area contributed by atoms with Gasteiger partial charge in [-0.1, -0.05) is 0 Å². The molecule has 0 aliphatic carbocycles. The fourth-order valence-electron chi connectivity index (χ4n) is 2.52. The summed E-state index contributed by atoms with van der Waals surface area (Å²) in [5.41, 5.74) is 2.19. The predicted molar refractivity (Wildman–Crippen MR) is 97.9 cm³/mol. The Morgan fingerprint density at radius 3 is 2.07 bits per heavy atom. The smallest absolute Gasteiger partial charge is 0.387 e. The highest BCUT2D eigenvalue weighted by Gasteiger charge is 2.12. The van der Waals surface area contributed by atoms with Crippen molar-refractivity contribution in [1.82, 2.24) is 0 Å². The summed E-state index contributed by atoms with van der Waals surface area (Å²) in [6, 6.07) is 13.2. The van der Waals surface area contributed by atoms with Crippen LogP contribution in [0.5, 0.6) is 5.75 Å². The molecular formula is C19H22F2N3O3+. The Balaban J connectivity index is 1.81. The molecule has 0 radical (unpaired) electrons. The Hall–Kier alpha value is -3.00. The van der Waals surface area contributed by atoms with Crippen LogP contribution in [0.15, 0.2) is 48.5 Å². The normalized spacial score (nSPS) is 11.7. The molecule has 27 heavy (non-hydrogen) atoms. The maximum Gasteiger partial charge on any atom is 0.387 e. The fourth-order valence-corrected chi connectivity index (χ4v) is 2.52. The van der Waals surface area contributed by atoms with Gasteiger partial charge in [-0.25, -0.2) is 0 Å². The van der Waals surface area contributed by atoms with E-state index in [0.717, 1.165) is 10.5 Å². The Morgan fingerprint density at radius 2 is 1.56 bits per heavy atom. The second-order valence-electron chi connectivity index (χ2n) is 6.14. The van der Waals surface area contributed by atoms with Crippen molar-refractivity contribution in [3.05, 3.63) is 54.1 Å². The SMILES string of the molecule is CC(=O)Nc1ccc(NC(=O)C[NH+](C)Cc2ccc(OC(F)F)cc2)cc1. The number of halogens is 2. The predicted octanol–water partition coefficient (Wildman–Crippen LogP) is 1.90. The zero-order valence-corrected chi connectivity index (χ0v) is 15.1. The number of hydrogen-bond donors (Lipinski definition) is 3. The zero-order chi connectivity index (χ0) is 19.8. The van der Waals surface area contributed by atoms with E-state index in [4.69, 9.17) is 0 Å². The van der Waals surface area contributed by atoms with E-state index in [1.165, 1.54) is 19.1 Å². The molecule has 0 aliphatic heterocycles. The van der Waals surface area contributed by atoms with Gasteiger partial charge in [0.05, 0.1) is 7.05 Å². The van der Waals surface area contributed by atoms with Crippen LogP contribution in [0.2, 0.25) is 0 Å². The third kappa shape index (κ3) is 7.41. The molecule has 2 amide bonds. The number of alkyl halides is 2. The summed E-state index contributed by atoms with van der Waals surface area (Å²) < 4.78 is 28.6. The number of carbonyl (C=O) groups is 2. The number of nitrogens with one attached hydrogen (secondary N) is 3. The van der Waals surface area contributed by atoms with Gasteiger partial charge in [0.25, 0.3) is 5.91 Å². The summed E-state index contributed by atoms with van der Waals surface area (Å²) in [6.07, 6.45) is 0. The number of benzene rings is 2. The molecule has 0 heterocycles. The van der Waals surface area contributed by atoms with Gasteiger partial charge in [-0.15, -0.1) is 0 Å². The van der Waals surface area contributed by atoms with Gasteiger partial charge in [-0.3, -0.25) is 9.59 Å². The monoisotopic (exact) mass is 378 g/mol. The third-order valence-corrected chi connectivity index (χ3v) is 3.61. The molecular weight excluding hydrogens is 356 g/mol. The van der Waals surface area contributed by atoms with Crippen molar-refractivity contribution < 1.29 is 28.0 Å². The number of ether oxygens (including phenoxy) is 1. The summed E-state index contributed by atoms with van der Waals surface area (Å²) in [5.74, 6) is -0.213. The van der Waals surface area contributed by atoms with E-state index in [9.17, 15) is 18.4 Å². The van der Waals surface area contributed by atoms with Gasteiger partial charge in [0.1, 0.15) is 12.3 Å². The number of quaternary nitrogens is 1. The molecule has 0 fully saturated rings. The van der Waals surface area contributed by atoms with Gasteiger partial charge in [-0.2, -0.15) is 8.78 Å². The molecule has 2 aromatic rings. The van der Waals surface area contributed by atoms with E-state index < -0.39 is 6.61 Å². The highest BCUT2D eigenvalue weighted by molar-refractivity contribution is 5.92. The summed E-state index contributed by atoms with van der Waals surface area (Å²) in [5, 5.41) is 5.45. The molecule has 0 spiro atoms. The maximum atomic E-state index is 12.1. The number of hydrogen-bond acceptors (Lipinski definition) is 3. The standard InChI is InChI=1S/C19H21F2N3O3/c1-13(25)22-15-5-7-16(8-6-15)23-18(26)12-24(2)11-14-3-9-17(10-4-14)27-19(20)21/h3-10,19H,11-12H2,1-2H3,(H,22,25)(H,23,26)/p+1. The molecule has 0 aliphatic rings. The first kappa shape index (κ1) is 20.3. The van der Waals surface area contributed by atoms with Crippen LogP contribution in [0, 0.1) is 0 Å². The molecule has 6 nitrogen and oxygen atoms in total. The van der Waals surface area contributed by atoms with Crippen LogP contribution in [0.4, 0.5) is 20.2 Å². The van der Waals surface area contributed by atoms with Crippen LogP contribution >= 0.6 is 0 Å². The minimum Gasteiger partial charge on any atom is -0.435 e. The number of amides is 2. The summed E-state index contributed by atoms with van der Waals surface area (Å²) in [4.78, 5) is 24.1. The molecule has 0 bridgehead atoms. The van der Waals surface area contributed by atoms with Crippen LogP contribution in [0.1, 0.15) is 12.5 Å². The average molecular weight is 378 g/mol. The Bertz CT molecular complexity index is 765. The molecule has 2 aromatic carbocycles. The van der Waals surface area contributed by atoms with Crippen LogP contribution in [0.3, 0.4) is 0 Å². The van der Waals surface area contributed by atoms with Crippen molar-refractivity contribution in [2.45, 2.75) is 20.1 Å². The largest absolute Gasteiger partial charge is 0.435 e. The van der Waals surface area contributed by atoms with Crippen molar-refractivity contribution >= 4 is 23.2 Å². The minimum atomic E-state index is -2.85. The molecule has 0 aromatic heterocycles. The van der Waals surface area contributed by atoms with Gasteiger partial charge in [0.15, 0.2) is 6.54 Å². The van der Waals surface area contributed by atoms with Gasteiger partial charge >= 0.3 is 6.61 Å². The first-order valence-electron chi connectivity index (χ1n) is 8.34. The summed E-state index contributed by atoms with van der Waals surface area (Å²) in [6.45, 7) is -0.625. The van der Waals surface area contributed by atoms with Crippen molar-refractivity contribution in [1.29, 1.82) is 0 Å². The number of carbonyl (C=O) groups excluding carboxylic acids is 2. The van der Waals surface area contributed by atoms with E-state index in [-0.39, 0.29) is 24.1 Å². The molecule has 3 N–H and O–H groups in total. The molecule has 1 atom stereocenters. The van der Waals surface area contributed by atoms with E-state index in [0.29, 0.717) is 17.9 Å². The molecule has 144 valence electrons. The summed E-state index contributed by atoms with van der Waals surface area (Å²) >= 11 is 0. The first-order valence-corrected chi connectivity index (χ1v) is 8.34. The fraction of sp³-hybridized carbons (Fsp3) is 0.263. The number of likely N-dealkylation sites (N-methyl/N-ethyl adjacent to an activating group) is 1. The average Bonchev–Trinajstić information content (AvgIpc) is 2.57. The Morgan fingerprint density at radius 1 is 1.00 bits per heavy atom. The highest BCUT2D eigenvalue weighted by atomic mass is 19.3. The topological polar surface area (TPSA) is 71.9 Å². The lowest BCUT2D eigenvalue weighted by molar-refractivity contribution is -0.885. The highest BCUT2D eigenvalue weighted by Crippen LogP contribution is 2.15. The lowest BCUT2D eigenvalue weighted by Crippen LogP contribution is -3.08. The van der Waals surface area contributed by atoms with Gasteiger partial charge in [-0.05, 0) is 48.5 Å². The van der Waals surface area contributed by atoms with Gasteiger partial charge in [0, 0.05) is 23.9 Å². The molecule has 0 saturated heterocycles. The van der Waals surface area contributed by atoms with Crippen LogP contribution in [0.25, 0.3) is 0 Å². The third-order valence-electron chi connectivity index (χ3n) is 3.61. The lowest BCUT2D eigenvalue weighted by atomic mass is 10.2. The number of anilines is 2. The van der Waals surface area contributed by atoms with Crippen molar-refractivity contribution in [3.8, 4) is 5.75 Å². The Kier molecular flexibility index (Phi) is 7.25. The molecule has 8 heteroatoms. The van der Waals surface area contributed by atoms with Crippen molar-refractivity contribution in [2.24, 2.45) is 0 Å². The second-order valence-corrected chi connectivity index (χ2v) is 6.14. The van der Waals surface area contributed by atoms with Crippen molar-refractivity contribution in [3.63, 3.8) is 0 Å². The Labute approximate surface area is 156 Å². The minimum absolute atomic E-state index is 0.104.